The first kappa shape index (κ1) is 15.8. The molecule has 1 aromatic rings. The number of hydrogen-bond acceptors (Lipinski definition) is 3. The number of rotatable bonds is 4. The lowest BCUT2D eigenvalue weighted by atomic mass is 9.92. The van der Waals surface area contributed by atoms with Crippen LogP contribution in [-0.2, 0) is 22.9 Å². The number of benzene rings is 1. The van der Waals surface area contributed by atoms with Crippen molar-refractivity contribution >= 4 is 16.1 Å². The van der Waals surface area contributed by atoms with Crippen LogP contribution in [-0.4, -0.2) is 21.0 Å². The molecule has 0 saturated heterocycles. The van der Waals surface area contributed by atoms with Gasteiger partial charge in [-0.15, -0.1) is 0 Å². The van der Waals surface area contributed by atoms with Crippen LogP contribution in [0.5, 0.6) is 0 Å². The maximum absolute atomic E-state index is 12.2. The van der Waals surface area contributed by atoms with Crippen LogP contribution in [0.25, 0.3) is 0 Å². The summed E-state index contributed by atoms with van der Waals surface area (Å²) in [6.45, 7) is 4.32. The van der Waals surface area contributed by atoms with Crippen molar-refractivity contribution in [3.05, 3.63) is 29.3 Å². The fraction of sp³-hybridized carbons (Fsp3) is 0.533. The van der Waals surface area contributed by atoms with E-state index < -0.39 is 16.1 Å². The molecule has 0 aromatic heterocycles. The van der Waals surface area contributed by atoms with E-state index in [1.54, 1.807) is 12.1 Å². The minimum Gasteiger partial charge on any atom is -0.337 e. The van der Waals surface area contributed by atoms with Crippen molar-refractivity contribution in [2.75, 3.05) is 6.54 Å². The molecule has 6 heteroatoms. The van der Waals surface area contributed by atoms with Gasteiger partial charge in [-0.3, -0.25) is 0 Å². The van der Waals surface area contributed by atoms with E-state index in [0.29, 0.717) is 6.54 Å². The highest BCUT2D eigenvalue weighted by Gasteiger charge is 2.20. The van der Waals surface area contributed by atoms with Gasteiger partial charge in [0.25, 0.3) is 10.0 Å². The van der Waals surface area contributed by atoms with E-state index >= 15 is 0 Å². The number of carbonyl (C=O) groups is 1. The van der Waals surface area contributed by atoms with Gasteiger partial charge >= 0.3 is 6.03 Å². The minimum absolute atomic E-state index is 0.155. The molecular weight excluding hydrogens is 288 g/mol. The van der Waals surface area contributed by atoms with E-state index in [9.17, 15) is 13.2 Å². The molecule has 2 N–H and O–H groups in total. The van der Waals surface area contributed by atoms with Gasteiger partial charge in [-0.2, -0.15) is 0 Å². The number of carbonyl (C=O) groups excluding carboxylic acids is 1. The average Bonchev–Trinajstić information content (AvgIpc) is 2.44. The topological polar surface area (TPSA) is 75.3 Å². The fourth-order valence-corrected chi connectivity index (χ4v) is 3.37. The second-order valence-corrected chi connectivity index (χ2v) is 7.53. The molecule has 2 amide bonds. The first-order chi connectivity index (χ1) is 9.88. The van der Waals surface area contributed by atoms with Crippen LogP contribution in [0.15, 0.2) is 23.1 Å². The average molecular weight is 310 g/mol. The Kier molecular flexibility index (Phi) is 4.88. The maximum atomic E-state index is 12.2. The molecule has 0 saturated carbocycles. The lowest BCUT2D eigenvalue weighted by Gasteiger charge is -2.17. The summed E-state index contributed by atoms with van der Waals surface area (Å²) in [5, 5.41) is 2.54. The third kappa shape index (κ3) is 4.20. The minimum atomic E-state index is -3.80. The number of aryl methyl sites for hydroxylation is 2. The lowest BCUT2D eigenvalue weighted by Crippen LogP contribution is -2.40. The Morgan fingerprint density at radius 2 is 1.86 bits per heavy atom. The summed E-state index contributed by atoms with van der Waals surface area (Å²) in [5.74, 6) is 0.266. The van der Waals surface area contributed by atoms with Gasteiger partial charge in [-0.05, 0) is 54.9 Å². The van der Waals surface area contributed by atoms with Gasteiger partial charge in [-0.25, -0.2) is 17.9 Å². The molecule has 1 aliphatic rings. The van der Waals surface area contributed by atoms with Gasteiger partial charge in [0.2, 0.25) is 0 Å². The summed E-state index contributed by atoms with van der Waals surface area (Å²) in [6, 6.07) is 4.44. The van der Waals surface area contributed by atoms with E-state index in [-0.39, 0.29) is 10.8 Å². The van der Waals surface area contributed by atoms with Crippen molar-refractivity contribution < 1.29 is 13.2 Å². The van der Waals surface area contributed by atoms with Gasteiger partial charge in [0.05, 0.1) is 4.90 Å². The predicted molar refractivity (Wildman–Crippen MR) is 81.6 cm³/mol. The first-order valence-electron chi connectivity index (χ1n) is 7.31. The van der Waals surface area contributed by atoms with Crippen LogP contribution in [0.3, 0.4) is 0 Å². The zero-order valence-corrected chi connectivity index (χ0v) is 13.3. The van der Waals surface area contributed by atoms with Crippen molar-refractivity contribution in [3.8, 4) is 0 Å². The molecule has 21 heavy (non-hydrogen) atoms. The summed E-state index contributed by atoms with van der Waals surface area (Å²) >= 11 is 0. The van der Waals surface area contributed by atoms with Gasteiger partial charge in [0.1, 0.15) is 0 Å². The molecule has 0 heterocycles. The molecule has 0 bridgehead atoms. The van der Waals surface area contributed by atoms with E-state index in [1.165, 1.54) is 5.56 Å². The SMILES string of the molecule is CC(C)CNC(=O)NS(=O)(=O)c1ccc2c(c1)CCCC2. The van der Waals surface area contributed by atoms with Crippen molar-refractivity contribution in [3.63, 3.8) is 0 Å². The summed E-state index contributed by atoms with van der Waals surface area (Å²) in [7, 11) is -3.80. The van der Waals surface area contributed by atoms with E-state index in [2.05, 4.69) is 10.0 Å². The van der Waals surface area contributed by atoms with Crippen molar-refractivity contribution in [1.29, 1.82) is 0 Å². The number of urea groups is 1. The summed E-state index contributed by atoms with van der Waals surface area (Å²) < 4.78 is 26.5. The smallest absolute Gasteiger partial charge is 0.328 e. The number of nitrogens with one attached hydrogen (secondary N) is 2. The van der Waals surface area contributed by atoms with E-state index in [1.807, 2.05) is 19.9 Å². The highest BCUT2D eigenvalue weighted by atomic mass is 32.2. The van der Waals surface area contributed by atoms with Crippen LogP contribution in [0, 0.1) is 5.92 Å². The Balaban J connectivity index is 2.10. The van der Waals surface area contributed by atoms with Crippen LogP contribution >= 0.6 is 0 Å². The molecule has 0 aliphatic heterocycles. The van der Waals surface area contributed by atoms with E-state index in [4.69, 9.17) is 0 Å². The van der Waals surface area contributed by atoms with Crippen molar-refractivity contribution in [1.82, 2.24) is 10.0 Å². The summed E-state index contributed by atoms with van der Waals surface area (Å²) in [4.78, 5) is 11.8. The molecule has 0 fully saturated rings. The third-order valence-corrected chi connectivity index (χ3v) is 4.86. The van der Waals surface area contributed by atoms with Crippen LogP contribution < -0.4 is 10.0 Å². The molecule has 2 rings (SSSR count). The molecule has 0 radical (unpaired) electrons. The Hall–Kier alpha value is -1.56. The summed E-state index contributed by atoms with van der Waals surface area (Å²) in [6.07, 6.45) is 4.13. The van der Waals surface area contributed by atoms with Crippen LogP contribution in [0.4, 0.5) is 4.79 Å². The largest absolute Gasteiger partial charge is 0.337 e. The standard InChI is InChI=1S/C15H22N2O3S/c1-11(2)10-16-15(18)17-21(19,20)14-8-7-12-5-3-4-6-13(12)9-14/h7-9,11H,3-6,10H2,1-2H3,(H2,16,17,18). The molecule has 0 atom stereocenters. The molecule has 116 valence electrons. The number of amides is 2. The molecule has 1 aromatic carbocycles. The van der Waals surface area contributed by atoms with Crippen LogP contribution in [0.1, 0.15) is 37.8 Å². The zero-order chi connectivity index (χ0) is 15.5. The highest BCUT2D eigenvalue weighted by molar-refractivity contribution is 7.90. The monoisotopic (exact) mass is 310 g/mol. The number of sulfonamides is 1. The normalized spacial score (nSPS) is 14.6. The zero-order valence-electron chi connectivity index (χ0n) is 12.5. The number of fused-ring (bicyclic) bond motifs is 1. The Bertz CT molecular complexity index is 624. The Labute approximate surface area is 126 Å². The second-order valence-electron chi connectivity index (χ2n) is 5.85. The van der Waals surface area contributed by atoms with Gasteiger partial charge in [0.15, 0.2) is 0 Å². The van der Waals surface area contributed by atoms with Crippen LogP contribution in [0.2, 0.25) is 0 Å². The fourth-order valence-electron chi connectivity index (χ4n) is 2.39. The van der Waals surface area contributed by atoms with Crippen molar-refractivity contribution in [2.45, 2.75) is 44.4 Å². The maximum Gasteiger partial charge on any atom is 0.328 e. The Morgan fingerprint density at radius 1 is 1.19 bits per heavy atom. The molecule has 0 unspecified atom stereocenters. The second kappa shape index (κ2) is 6.47. The molecule has 1 aliphatic carbocycles. The molecule has 5 nitrogen and oxygen atoms in total. The van der Waals surface area contributed by atoms with Crippen molar-refractivity contribution in [2.24, 2.45) is 5.92 Å². The Morgan fingerprint density at radius 3 is 2.52 bits per heavy atom. The predicted octanol–water partition coefficient (Wildman–Crippen LogP) is 2.21. The molecular formula is C15H22N2O3S. The first-order valence-corrected chi connectivity index (χ1v) is 8.79. The lowest BCUT2D eigenvalue weighted by molar-refractivity contribution is 0.244. The van der Waals surface area contributed by atoms with Gasteiger partial charge < -0.3 is 5.32 Å². The van der Waals surface area contributed by atoms with E-state index in [0.717, 1.165) is 31.2 Å². The quantitative estimate of drug-likeness (QED) is 0.895. The number of hydrogen-bond donors (Lipinski definition) is 2. The summed E-state index contributed by atoms with van der Waals surface area (Å²) in [5.41, 5.74) is 2.29. The highest BCUT2D eigenvalue weighted by Crippen LogP contribution is 2.23. The third-order valence-electron chi connectivity index (χ3n) is 3.53. The molecule has 0 spiro atoms. The van der Waals surface area contributed by atoms with Gasteiger partial charge in [0, 0.05) is 6.54 Å². The van der Waals surface area contributed by atoms with Gasteiger partial charge in [-0.1, -0.05) is 19.9 Å².